The van der Waals surface area contributed by atoms with Crippen molar-refractivity contribution in [2.45, 2.75) is 56.7 Å². The van der Waals surface area contributed by atoms with Crippen LogP contribution in [0.1, 0.15) is 56.2 Å². The van der Waals surface area contributed by atoms with Crippen molar-refractivity contribution in [3.05, 3.63) is 70.1 Å². The molecule has 3 aromatic heterocycles. The Kier molecular flexibility index (Phi) is 8.10. The molecule has 2 unspecified atom stereocenters. The van der Waals surface area contributed by atoms with Crippen LogP contribution in [0.2, 0.25) is 5.02 Å². The highest BCUT2D eigenvalue weighted by Crippen LogP contribution is 2.53. The second kappa shape index (κ2) is 12.6. The van der Waals surface area contributed by atoms with E-state index >= 15 is 4.39 Å². The van der Waals surface area contributed by atoms with Crippen LogP contribution >= 0.6 is 22.9 Å². The molecule has 10 nitrogen and oxygen atoms in total. The van der Waals surface area contributed by atoms with Gasteiger partial charge in [-0.15, -0.1) is 11.3 Å². The summed E-state index contributed by atoms with van der Waals surface area (Å²) in [6.07, 6.45) is 3.56. The van der Waals surface area contributed by atoms with Gasteiger partial charge in [0.25, 0.3) is 6.08 Å². The molecular formula is C38H34ClF3N8O2S. The lowest BCUT2D eigenvalue weighted by atomic mass is 9.94. The highest BCUT2D eigenvalue weighted by atomic mass is 35.5. The second-order valence-corrected chi connectivity index (χ2v) is 15.8. The average molecular weight is 759 g/mol. The minimum absolute atomic E-state index is 0.00944. The SMILES string of the molecule is CC(c1cccnc1N)N1c2nc(OC[C@@]34CCCN3CC(=C(F)F)C4)nc3c(F)c(-c4cccc5sc(N)c(C#N)c45)c(Cl)c(c23)OCC1C1CC1. The van der Waals surface area contributed by atoms with Gasteiger partial charge in [0.15, 0.2) is 11.6 Å². The van der Waals surface area contributed by atoms with Crippen LogP contribution in [0.5, 0.6) is 11.8 Å². The molecule has 0 spiro atoms. The zero-order valence-corrected chi connectivity index (χ0v) is 30.2. The smallest absolute Gasteiger partial charge is 0.319 e. The van der Waals surface area contributed by atoms with E-state index in [0.29, 0.717) is 45.3 Å². The summed E-state index contributed by atoms with van der Waals surface area (Å²) < 4.78 is 58.9. The number of anilines is 3. The van der Waals surface area contributed by atoms with Crippen LogP contribution in [0.15, 0.2) is 48.2 Å². The number of nitrogens with zero attached hydrogens (tertiary/aromatic N) is 6. The molecule has 1 aliphatic carbocycles. The fourth-order valence-corrected chi connectivity index (χ4v) is 9.94. The molecule has 2 saturated heterocycles. The number of hydrogen-bond donors (Lipinski definition) is 2. The first-order valence-electron chi connectivity index (χ1n) is 17.6. The number of nitrogens with two attached hydrogens (primary N) is 2. The number of thiophene rings is 1. The first-order chi connectivity index (χ1) is 25.6. The van der Waals surface area contributed by atoms with Crippen molar-refractivity contribution in [1.29, 1.82) is 5.26 Å². The summed E-state index contributed by atoms with van der Waals surface area (Å²) in [4.78, 5) is 18.2. The maximum Gasteiger partial charge on any atom is 0.319 e. The number of halogens is 4. The molecule has 53 heavy (non-hydrogen) atoms. The highest BCUT2D eigenvalue weighted by molar-refractivity contribution is 7.23. The molecule has 6 heterocycles. The molecule has 0 amide bonds. The highest BCUT2D eigenvalue weighted by Gasteiger charge is 2.49. The summed E-state index contributed by atoms with van der Waals surface area (Å²) in [7, 11) is 0. The molecule has 9 rings (SSSR count). The van der Waals surface area contributed by atoms with Gasteiger partial charge in [-0.05, 0) is 69.2 Å². The van der Waals surface area contributed by atoms with Crippen molar-refractivity contribution in [1.82, 2.24) is 19.9 Å². The molecule has 4 N–H and O–H groups in total. The Hall–Kier alpha value is -4.84. The Labute approximate surface area is 311 Å². The van der Waals surface area contributed by atoms with Gasteiger partial charge in [-0.2, -0.15) is 24.0 Å². The van der Waals surface area contributed by atoms with Gasteiger partial charge in [-0.1, -0.05) is 29.8 Å². The van der Waals surface area contributed by atoms with Gasteiger partial charge in [0.05, 0.1) is 33.6 Å². The maximum absolute atomic E-state index is 17.6. The third-order valence-corrected chi connectivity index (χ3v) is 12.7. The summed E-state index contributed by atoms with van der Waals surface area (Å²) in [5.41, 5.74) is 13.4. The Balaban J connectivity index is 1.28. The molecule has 3 atom stereocenters. The normalized spacial score (nSPS) is 21.8. The van der Waals surface area contributed by atoms with Crippen LogP contribution in [0, 0.1) is 23.1 Å². The van der Waals surface area contributed by atoms with Crippen molar-refractivity contribution < 1.29 is 22.6 Å². The van der Waals surface area contributed by atoms with Crippen LogP contribution < -0.4 is 25.8 Å². The fraction of sp³-hybridized carbons (Fsp3) is 0.368. The van der Waals surface area contributed by atoms with E-state index < -0.39 is 23.5 Å². The summed E-state index contributed by atoms with van der Waals surface area (Å²) in [6.45, 7) is 3.09. The molecule has 2 aromatic carbocycles. The quantitative estimate of drug-likeness (QED) is 0.167. The van der Waals surface area contributed by atoms with E-state index in [2.05, 4.69) is 16.0 Å². The summed E-state index contributed by atoms with van der Waals surface area (Å²) in [5.74, 6) is 0.409. The van der Waals surface area contributed by atoms with Crippen molar-refractivity contribution in [2.75, 3.05) is 42.7 Å². The largest absolute Gasteiger partial charge is 0.489 e. The fourth-order valence-electron chi connectivity index (χ4n) is 8.66. The molecule has 4 aliphatic rings. The molecule has 0 radical (unpaired) electrons. The molecule has 5 aromatic rings. The van der Waals surface area contributed by atoms with Gasteiger partial charge >= 0.3 is 6.01 Å². The summed E-state index contributed by atoms with van der Waals surface area (Å²) in [6, 6.07) is 10.5. The third kappa shape index (κ3) is 5.34. The zero-order valence-electron chi connectivity index (χ0n) is 28.6. The number of aromatic nitrogens is 3. The number of pyridine rings is 1. The third-order valence-electron chi connectivity index (χ3n) is 11.4. The maximum atomic E-state index is 17.6. The van der Waals surface area contributed by atoms with Crippen LogP contribution in [-0.4, -0.2) is 57.7 Å². The Bertz CT molecular complexity index is 2410. The van der Waals surface area contributed by atoms with E-state index in [1.54, 1.807) is 18.3 Å². The lowest BCUT2D eigenvalue weighted by Crippen LogP contribution is -2.44. The van der Waals surface area contributed by atoms with Gasteiger partial charge in [0.2, 0.25) is 0 Å². The van der Waals surface area contributed by atoms with Gasteiger partial charge in [-0.25, -0.2) is 9.37 Å². The average Bonchev–Trinajstić information content (AvgIpc) is 3.73. The number of benzene rings is 2. The number of ether oxygens (including phenoxy) is 2. The number of nitriles is 1. The van der Waals surface area contributed by atoms with Crippen molar-refractivity contribution in [3.63, 3.8) is 0 Å². The first-order valence-corrected chi connectivity index (χ1v) is 18.8. The Morgan fingerprint density at radius 2 is 2.04 bits per heavy atom. The van der Waals surface area contributed by atoms with Crippen LogP contribution in [0.3, 0.4) is 0 Å². The molecule has 3 aliphatic heterocycles. The minimum Gasteiger partial charge on any atom is -0.489 e. The number of hydrogen-bond acceptors (Lipinski definition) is 11. The van der Waals surface area contributed by atoms with E-state index in [0.717, 1.165) is 24.8 Å². The molecular weight excluding hydrogens is 725 g/mol. The van der Waals surface area contributed by atoms with E-state index in [4.69, 9.17) is 42.5 Å². The summed E-state index contributed by atoms with van der Waals surface area (Å²) in [5, 5.41) is 11.1. The van der Waals surface area contributed by atoms with E-state index in [9.17, 15) is 14.0 Å². The lowest BCUT2D eigenvalue weighted by Gasteiger charge is -2.37. The predicted octanol–water partition coefficient (Wildman–Crippen LogP) is 8.24. The molecule has 1 saturated carbocycles. The van der Waals surface area contributed by atoms with E-state index in [-0.39, 0.29) is 82.5 Å². The van der Waals surface area contributed by atoms with Crippen molar-refractivity contribution in [2.24, 2.45) is 5.92 Å². The Morgan fingerprint density at radius 3 is 2.79 bits per heavy atom. The van der Waals surface area contributed by atoms with Gasteiger partial charge < -0.3 is 25.8 Å². The number of fused-ring (bicyclic) bond motifs is 2. The molecule has 3 fully saturated rings. The standard InChI is InChI=1S/C38H34ClF3N8O2S/c1-18(21-6-3-11-46-34(21)44)50-24(19-8-9-19)16-51-32-28-31(30(40)27(29(32)39)22-5-2-7-25-26(22)23(14-43)35(45)53-25)47-37(48-36(28)50)52-17-38-10-4-12-49(38)15-20(13-38)33(41)42/h2-3,5-7,11,18-19,24H,4,8-10,12-13,15-17,45H2,1H3,(H2,44,46)/t18?,24?,38-/m0/s1. The second-order valence-electron chi connectivity index (χ2n) is 14.4. The van der Waals surface area contributed by atoms with Crippen LogP contribution in [0.4, 0.5) is 29.8 Å². The van der Waals surface area contributed by atoms with Crippen molar-refractivity contribution in [3.8, 4) is 29.0 Å². The van der Waals surface area contributed by atoms with E-state index in [1.165, 1.54) is 11.3 Å². The van der Waals surface area contributed by atoms with Gasteiger partial charge in [0.1, 0.15) is 41.4 Å². The minimum atomic E-state index is -1.66. The zero-order chi connectivity index (χ0) is 36.8. The predicted molar refractivity (Wildman–Crippen MR) is 199 cm³/mol. The van der Waals surface area contributed by atoms with E-state index in [1.807, 2.05) is 30.0 Å². The summed E-state index contributed by atoms with van der Waals surface area (Å²) >= 11 is 8.46. The topological polar surface area (TPSA) is 139 Å². The van der Waals surface area contributed by atoms with Crippen LogP contribution in [-0.2, 0) is 0 Å². The molecule has 272 valence electrons. The molecule has 0 bridgehead atoms. The molecule has 15 heteroatoms. The van der Waals surface area contributed by atoms with Gasteiger partial charge in [-0.3, -0.25) is 4.90 Å². The van der Waals surface area contributed by atoms with Crippen molar-refractivity contribution >= 4 is 60.6 Å². The van der Waals surface area contributed by atoms with Gasteiger partial charge in [0, 0.05) is 39.5 Å². The monoisotopic (exact) mass is 758 g/mol. The van der Waals surface area contributed by atoms with Crippen LogP contribution in [0.25, 0.3) is 32.1 Å². The number of rotatable bonds is 7. The number of nitrogen functional groups attached to an aromatic ring is 2. The lowest BCUT2D eigenvalue weighted by molar-refractivity contribution is 0.108. The first kappa shape index (κ1) is 34.0. The Morgan fingerprint density at radius 1 is 1.21 bits per heavy atom.